The summed E-state index contributed by atoms with van der Waals surface area (Å²) in [6, 6.07) is 0.482. The Morgan fingerprint density at radius 1 is 1.31 bits per heavy atom. The van der Waals surface area contributed by atoms with Gasteiger partial charge in [0, 0.05) is 12.6 Å². The molecule has 1 saturated heterocycles. The van der Waals surface area contributed by atoms with Gasteiger partial charge in [0.25, 0.3) is 0 Å². The minimum absolute atomic E-state index is 0.396. The molecule has 3 unspecified atom stereocenters. The smallest absolute Gasteiger partial charge is 0.191 e. The van der Waals surface area contributed by atoms with Crippen molar-refractivity contribution in [3.63, 3.8) is 0 Å². The van der Waals surface area contributed by atoms with Gasteiger partial charge in [0.1, 0.15) is 0 Å². The molecule has 0 spiro atoms. The van der Waals surface area contributed by atoms with Gasteiger partial charge in [-0.15, -0.1) is 0 Å². The van der Waals surface area contributed by atoms with Crippen LogP contribution < -0.4 is 10.6 Å². The molecule has 2 aliphatic rings. The van der Waals surface area contributed by atoms with E-state index in [9.17, 15) is 0 Å². The first-order valence-electron chi connectivity index (χ1n) is 6.34. The number of ether oxygens (including phenoxy) is 1. The lowest BCUT2D eigenvalue weighted by Crippen LogP contribution is -2.42. The maximum atomic E-state index is 5.73. The highest BCUT2D eigenvalue weighted by Gasteiger charge is 2.24. The van der Waals surface area contributed by atoms with E-state index in [0.717, 1.165) is 31.9 Å². The predicted molar refractivity (Wildman–Crippen MR) is 65.6 cm³/mol. The van der Waals surface area contributed by atoms with Crippen molar-refractivity contribution in [1.82, 2.24) is 10.6 Å². The first-order chi connectivity index (χ1) is 7.63. The molecule has 1 fully saturated rings. The molecule has 3 atom stereocenters. The molecule has 4 heteroatoms. The van der Waals surface area contributed by atoms with Crippen molar-refractivity contribution in [3.8, 4) is 0 Å². The summed E-state index contributed by atoms with van der Waals surface area (Å²) in [6.07, 6.45) is 3.10. The van der Waals surface area contributed by atoms with Gasteiger partial charge in [-0.25, -0.2) is 0 Å². The Kier molecular flexibility index (Phi) is 3.69. The highest BCUT2D eigenvalue weighted by molar-refractivity contribution is 5.81. The molecule has 4 nitrogen and oxygen atoms in total. The van der Waals surface area contributed by atoms with Gasteiger partial charge in [-0.2, -0.15) is 0 Å². The minimum Gasteiger partial charge on any atom is -0.376 e. The topological polar surface area (TPSA) is 45.7 Å². The molecular weight excluding hydrogens is 202 g/mol. The zero-order chi connectivity index (χ0) is 11.5. The average Bonchev–Trinajstić information content (AvgIpc) is 2.60. The molecule has 0 amide bonds. The molecule has 92 valence electrons. The molecule has 2 rings (SSSR count). The maximum Gasteiger partial charge on any atom is 0.191 e. The number of hydrogen-bond donors (Lipinski definition) is 2. The van der Waals surface area contributed by atoms with Crippen LogP contribution >= 0.6 is 0 Å². The quantitative estimate of drug-likeness (QED) is 0.740. The van der Waals surface area contributed by atoms with Crippen LogP contribution in [0.5, 0.6) is 0 Å². The summed E-state index contributed by atoms with van der Waals surface area (Å²) in [5, 5.41) is 6.73. The summed E-state index contributed by atoms with van der Waals surface area (Å²) in [5.41, 5.74) is 0. The number of hydrogen-bond acceptors (Lipinski definition) is 4. The summed E-state index contributed by atoms with van der Waals surface area (Å²) in [6.45, 7) is 8.38. The second kappa shape index (κ2) is 5.04. The minimum atomic E-state index is 0.396. The van der Waals surface area contributed by atoms with Gasteiger partial charge in [0.2, 0.25) is 0 Å². The molecule has 2 N–H and O–H groups in total. The molecule has 0 aliphatic carbocycles. The van der Waals surface area contributed by atoms with Crippen LogP contribution in [0.1, 0.15) is 33.6 Å². The van der Waals surface area contributed by atoms with E-state index >= 15 is 0 Å². The number of nitrogens with zero attached hydrogens (tertiary/aromatic N) is 1. The molecule has 2 aliphatic heterocycles. The van der Waals surface area contributed by atoms with Crippen LogP contribution in [-0.4, -0.2) is 37.3 Å². The largest absolute Gasteiger partial charge is 0.376 e. The average molecular weight is 225 g/mol. The van der Waals surface area contributed by atoms with Crippen LogP contribution in [0.3, 0.4) is 0 Å². The molecule has 16 heavy (non-hydrogen) atoms. The van der Waals surface area contributed by atoms with Gasteiger partial charge in [0.05, 0.1) is 18.8 Å². The Morgan fingerprint density at radius 2 is 2.00 bits per heavy atom. The van der Waals surface area contributed by atoms with E-state index < -0.39 is 0 Å². The van der Waals surface area contributed by atoms with Crippen LogP contribution in [0.25, 0.3) is 0 Å². The van der Waals surface area contributed by atoms with E-state index in [-0.39, 0.29) is 0 Å². The van der Waals surface area contributed by atoms with Crippen molar-refractivity contribution in [1.29, 1.82) is 0 Å². The molecule has 0 radical (unpaired) electrons. The first kappa shape index (κ1) is 11.7. The zero-order valence-electron chi connectivity index (χ0n) is 10.5. The van der Waals surface area contributed by atoms with Gasteiger partial charge in [0.15, 0.2) is 5.96 Å². The summed E-state index contributed by atoms with van der Waals surface area (Å²) in [7, 11) is 0. The summed E-state index contributed by atoms with van der Waals surface area (Å²) >= 11 is 0. The Labute approximate surface area is 97.9 Å². The predicted octanol–water partition coefficient (Wildman–Crippen LogP) is 1.13. The van der Waals surface area contributed by atoms with Crippen molar-refractivity contribution in [2.45, 2.75) is 51.9 Å². The third kappa shape index (κ3) is 3.11. The van der Waals surface area contributed by atoms with E-state index in [1.165, 1.54) is 0 Å². The summed E-state index contributed by atoms with van der Waals surface area (Å²) in [4.78, 5) is 4.40. The van der Waals surface area contributed by atoms with Crippen molar-refractivity contribution >= 4 is 5.96 Å². The van der Waals surface area contributed by atoms with Crippen LogP contribution in [0.15, 0.2) is 4.99 Å². The number of nitrogens with one attached hydrogen (secondary N) is 2. The van der Waals surface area contributed by atoms with E-state index in [1.54, 1.807) is 0 Å². The van der Waals surface area contributed by atoms with Gasteiger partial charge in [-0.05, 0) is 39.5 Å². The van der Waals surface area contributed by atoms with Crippen molar-refractivity contribution < 1.29 is 4.74 Å². The van der Waals surface area contributed by atoms with E-state index in [2.05, 4.69) is 36.4 Å². The Bertz CT molecular complexity index is 257. The second-order valence-electron chi connectivity index (χ2n) is 5.21. The van der Waals surface area contributed by atoms with Crippen LogP contribution in [0, 0.1) is 5.92 Å². The number of rotatable bonds is 2. The van der Waals surface area contributed by atoms with E-state index in [4.69, 9.17) is 4.74 Å². The molecule has 2 heterocycles. The molecular formula is C12H23N3O. The van der Waals surface area contributed by atoms with Crippen LogP contribution in [-0.2, 0) is 4.74 Å². The van der Waals surface area contributed by atoms with Crippen LogP contribution in [0.4, 0.5) is 0 Å². The van der Waals surface area contributed by atoms with Gasteiger partial charge >= 0.3 is 0 Å². The van der Waals surface area contributed by atoms with Gasteiger partial charge in [-0.3, -0.25) is 4.99 Å². The fraction of sp³-hybridized carbons (Fsp3) is 0.917. The SMILES string of the molecule is CC1CN=C(NCC2CC(C)OC(C)C2)N1. The molecule has 0 aromatic rings. The lowest BCUT2D eigenvalue weighted by molar-refractivity contribution is -0.0509. The number of aliphatic imine (C=N–C) groups is 1. The van der Waals surface area contributed by atoms with E-state index in [1.807, 2.05) is 0 Å². The third-order valence-corrected chi connectivity index (χ3v) is 3.26. The molecule has 0 saturated carbocycles. The lowest BCUT2D eigenvalue weighted by atomic mass is 9.92. The van der Waals surface area contributed by atoms with Gasteiger partial charge < -0.3 is 15.4 Å². The molecule has 0 aromatic carbocycles. The third-order valence-electron chi connectivity index (χ3n) is 3.26. The molecule has 0 bridgehead atoms. The highest BCUT2D eigenvalue weighted by atomic mass is 16.5. The Balaban J connectivity index is 1.73. The van der Waals surface area contributed by atoms with Crippen molar-refractivity contribution in [2.24, 2.45) is 10.9 Å². The molecule has 0 aromatic heterocycles. The van der Waals surface area contributed by atoms with Gasteiger partial charge in [-0.1, -0.05) is 0 Å². The standard InChI is InChI=1S/C12H23N3O/c1-8-6-13-12(15-8)14-7-11-4-9(2)16-10(3)5-11/h8-11H,4-7H2,1-3H3,(H2,13,14,15). The Morgan fingerprint density at radius 3 is 2.56 bits per heavy atom. The fourth-order valence-corrected chi connectivity index (χ4v) is 2.61. The monoisotopic (exact) mass is 225 g/mol. The summed E-state index contributed by atoms with van der Waals surface area (Å²) < 4.78 is 5.73. The normalized spacial score (nSPS) is 39.1. The first-order valence-corrected chi connectivity index (χ1v) is 6.34. The Hall–Kier alpha value is -0.770. The maximum absolute atomic E-state index is 5.73. The van der Waals surface area contributed by atoms with E-state index in [0.29, 0.717) is 24.2 Å². The summed E-state index contributed by atoms with van der Waals surface area (Å²) in [5.74, 6) is 1.68. The fourth-order valence-electron chi connectivity index (χ4n) is 2.61. The lowest BCUT2D eigenvalue weighted by Gasteiger charge is -2.32. The zero-order valence-corrected chi connectivity index (χ0v) is 10.5. The van der Waals surface area contributed by atoms with Crippen LogP contribution in [0.2, 0.25) is 0 Å². The second-order valence-corrected chi connectivity index (χ2v) is 5.21. The highest BCUT2D eigenvalue weighted by Crippen LogP contribution is 2.23. The number of guanidine groups is 1. The van der Waals surface area contributed by atoms with Crippen molar-refractivity contribution in [3.05, 3.63) is 0 Å². The van der Waals surface area contributed by atoms with Crippen molar-refractivity contribution in [2.75, 3.05) is 13.1 Å².